The predicted octanol–water partition coefficient (Wildman–Crippen LogP) is 3.83. The van der Waals surface area contributed by atoms with Crippen LogP contribution in [0.15, 0.2) is 60.7 Å². The average molecular weight is 480 g/mol. The number of benzene rings is 3. The van der Waals surface area contributed by atoms with E-state index in [1.165, 1.54) is 31.4 Å². The molecule has 4 rings (SSSR count). The van der Waals surface area contributed by atoms with Gasteiger partial charge in [-0.3, -0.25) is 9.59 Å². The summed E-state index contributed by atoms with van der Waals surface area (Å²) in [5, 5.41) is 0.472. The molecule has 0 spiro atoms. The van der Waals surface area contributed by atoms with Gasteiger partial charge in [0.05, 0.1) is 18.7 Å². The predicted molar refractivity (Wildman–Crippen MR) is 121 cm³/mol. The normalized spacial score (nSPS) is 14.2. The molecular formula is C26H22F2N2O5. The lowest BCUT2D eigenvalue weighted by molar-refractivity contribution is -0.172. The topological polar surface area (TPSA) is 98.9 Å². The van der Waals surface area contributed by atoms with Crippen LogP contribution in [0.4, 0.5) is 8.78 Å². The third-order valence-electron chi connectivity index (χ3n) is 5.70. The van der Waals surface area contributed by atoms with Gasteiger partial charge in [-0.2, -0.15) is 0 Å². The van der Waals surface area contributed by atoms with E-state index >= 15 is 0 Å². The second-order valence-corrected chi connectivity index (χ2v) is 8.06. The van der Waals surface area contributed by atoms with Crippen molar-refractivity contribution in [1.82, 2.24) is 5.06 Å². The second kappa shape index (κ2) is 10.0. The number of methoxy groups -OCH3 is 1. The SMILES string of the molecule is COc1ccc(C(N)c2c(F)cc(Cc3ccc(C(=O)ON4C(=O)CCC4=O)cc3)cc2F)cc1. The van der Waals surface area contributed by atoms with Crippen molar-refractivity contribution in [2.75, 3.05) is 7.11 Å². The number of hydrogen-bond acceptors (Lipinski definition) is 6. The van der Waals surface area contributed by atoms with E-state index in [1.807, 2.05) is 0 Å². The molecule has 3 aromatic carbocycles. The summed E-state index contributed by atoms with van der Waals surface area (Å²) in [5.74, 6) is -2.91. The molecule has 1 fully saturated rings. The molecule has 1 atom stereocenters. The summed E-state index contributed by atoms with van der Waals surface area (Å²) in [6, 6.07) is 14.2. The summed E-state index contributed by atoms with van der Waals surface area (Å²) in [6.45, 7) is 0. The molecular weight excluding hydrogens is 458 g/mol. The molecule has 2 N–H and O–H groups in total. The molecule has 35 heavy (non-hydrogen) atoms. The van der Waals surface area contributed by atoms with Gasteiger partial charge < -0.3 is 15.3 Å². The van der Waals surface area contributed by atoms with Gasteiger partial charge in [-0.15, -0.1) is 5.06 Å². The van der Waals surface area contributed by atoms with Crippen LogP contribution in [0.25, 0.3) is 0 Å². The summed E-state index contributed by atoms with van der Waals surface area (Å²) in [4.78, 5) is 40.3. The van der Waals surface area contributed by atoms with E-state index in [9.17, 15) is 23.2 Å². The molecule has 1 unspecified atom stereocenters. The van der Waals surface area contributed by atoms with Crippen molar-refractivity contribution < 1.29 is 32.7 Å². The Hall–Kier alpha value is -4.11. The highest BCUT2D eigenvalue weighted by atomic mass is 19.1. The zero-order valence-electron chi connectivity index (χ0n) is 18.8. The Morgan fingerprint density at radius 3 is 2.06 bits per heavy atom. The third kappa shape index (κ3) is 5.20. The van der Waals surface area contributed by atoms with Gasteiger partial charge in [-0.1, -0.05) is 24.3 Å². The van der Waals surface area contributed by atoms with Gasteiger partial charge in [-0.25, -0.2) is 13.6 Å². The van der Waals surface area contributed by atoms with Gasteiger partial charge in [0.25, 0.3) is 11.8 Å². The number of imide groups is 1. The van der Waals surface area contributed by atoms with E-state index in [-0.39, 0.29) is 30.4 Å². The van der Waals surface area contributed by atoms with Gasteiger partial charge in [0.2, 0.25) is 0 Å². The number of ether oxygens (including phenoxy) is 1. The van der Waals surface area contributed by atoms with Crippen LogP contribution in [0.1, 0.15) is 51.5 Å². The molecule has 180 valence electrons. The fourth-order valence-corrected chi connectivity index (χ4v) is 3.80. The van der Waals surface area contributed by atoms with Crippen molar-refractivity contribution in [3.63, 3.8) is 0 Å². The molecule has 2 amide bonds. The fraction of sp³-hybridized carbons (Fsp3) is 0.192. The van der Waals surface area contributed by atoms with Crippen molar-refractivity contribution in [1.29, 1.82) is 0 Å². The highest BCUT2D eigenvalue weighted by molar-refractivity contribution is 6.02. The molecule has 1 heterocycles. The zero-order valence-corrected chi connectivity index (χ0v) is 18.8. The van der Waals surface area contributed by atoms with Crippen LogP contribution in [0.5, 0.6) is 5.75 Å². The van der Waals surface area contributed by atoms with Gasteiger partial charge >= 0.3 is 5.97 Å². The Bertz CT molecular complexity index is 1240. The summed E-state index contributed by atoms with van der Waals surface area (Å²) < 4.78 is 34.8. The smallest absolute Gasteiger partial charge is 0.363 e. The summed E-state index contributed by atoms with van der Waals surface area (Å²) in [5.41, 5.74) is 7.62. The number of hydroxylamine groups is 2. The van der Waals surface area contributed by atoms with Gasteiger partial charge in [0.15, 0.2) is 0 Å². The largest absolute Gasteiger partial charge is 0.497 e. The fourth-order valence-electron chi connectivity index (χ4n) is 3.80. The number of nitrogens with two attached hydrogens (primary N) is 1. The van der Waals surface area contributed by atoms with Gasteiger partial charge in [0, 0.05) is 18.4 Å². The van der Waals surface area contributed by atoms with Crippen LogP contribution in [0, 0.1) is 11.6 Å². The number of rotatable bonds is 7. The summed E-state index contributed by atoms with van der Waals surface area (Å²) in [6.07, 6.45) is 0.203. The van der Waals surface area contributed by atoms with Gasteiger partial charge in [-0.05, 0) is 59.5 Å². The number of carbonyl (C=O) groups is 3. The maximum Gasteiger partial charge on any atom is 0.363 e. The first-order chi connectivity index (χ1) is 16.8. The quantitative estimate of drug-likeness (QED) is 0.516. The standard InChI is InChI=1S/C26H22F2N2O5/c1-34-19-8-6-17(7-9-19)25(29)24-20(27)13-16(14-21(24)28)12-15-2-4-18(5-3-15)26(33)35-30-22(31)10-11-23(30)32/h2-9,13-14,25H,10-12,29H2,1H3. The first-order valence-corrected chi connectivity index (χ1v) is 10.8. The maximum atomic E-state index is 14.9. The van der Waals surface area contributed by atoms with Crippen LogP contribution in [-0.4, -0.2) is 30.0 Å². The molecule has 7 nitrogen and oxygen atoms in total. The average Bonchev–Trinajstić information content (AvgIpc) is 3.16. The Labute approximate surface area is 200 Å². The minimum absolute atomic E-state index is 0.00194. The number of carbonyl (C=O) groups excluding carboxylic acids is 3. The number of amides is 2. The van der Waals surface area contributed by atoms with Crippen molar-refractivity contribution >= 4 is 17.8 Å². The monoisotopic (exact) mass is 480 g/mol. The number of hydrogen-bond donors (Lipinski definition) is 1. The molecule has 3 aromatic rings. The molecule has 1 aliphatic heterocycles. The Morgan fingerprint density at radius 1 is 0.943 bits per heavy atom. The van der Waals surface area contributed by atoms with E-state index in [4.69, 9.17) is 15.3 Å². The van der Waals surface area contributed by atoms with Crippen molar-refractivity contribution in [2.45, 2.75) is 25.3 Å². The Balaban J connectivity index is 1.46. The zero-order chi connectivity index (χ0) is 25.1. The molecule has 0 aliphatic carbocycles. The molecule has 0 aromatic heterocycles. The van der Waals surface area contributed by atoms with Crippen molar-refractivity contribution in [3.8, 4) is 5.75 Å². The summed E-state index contributed by atoms with van der Waals surface area (Å²) in [7, 11) is 1.52. The first-order valence-electron chi connectivity index (χ1n) is 10.8. The maximum absolute atomic E-state index is 14.9. The van der Waals surface area contributed by atoms with Crippen LogP contribution in [0.3, 0.4) is 0 Å². The molecule has 9 heteroatoms. The van der Waals surface area contributed by atoms with E-state index in [0.29, 0.717) is 27.5 Å². The molecule has 0 radical (unpaired) electrons. The molecule has 0 saturated carbocycles. The lowest BCUT2D eigenvalue weighted by Crippen LogP contribution is -2.32. The van der Waals surface area contributed by atoms with E-state index in [2.05, 4.69) is 0 Å². The first kappa shape index (κ1) is 24.0. The minimum Gasteiger partial charge on any atom is -0.497 e. The Morgan fingerprint density at radius 2 is 1.51 bits per heavy atom. The van der Waals surface area contributed by atoms with Crippen LogP contribution >= 0.6 is 0 Å². The van der Waals surface area contributed by atoms with E-state index in [0.717, 1.165) is 0 Å². The third-order valence-corrected chi connectivity index (χ3v) is 5.70. The molecule has 0 bridgehead atoms. The lowest BCUT2D eigenvalue weighted by atomic mass is 9.95. The highest BCUT2D eigenvalue weighted by Crippen LogP contribution is 2.28. The number of nitrogens with zero attached hydrogens (tertiary/aromatic N) is 1. The summed E-state index contributed by atoms with van der Waals surface area (Å²) >= 11 is 0. The van der Waals surface area contributed by atoms with Crippen LogP contribution in [0.2, 0.25) is 0 Å². The van der Waals surface area contributed by atoms with Crippen LogP contribution < -0.4 is 10.5 Å². The van der Waals surface area contributed by atoms with Gasteiger partial charge in [0.1, 0.15) is 17.4 Å². The van der Waals surface area contributed by atoms with Crippen molar-refractivity contribution in [3.05, 3.63) is 100 Å². The second-order valence-electron chi connectivity index (χ2n) is 8.06. The number of halogens is 2. The van der Waals surface area contributed by atoms with E-state index < -0.39 is 35.5 Å². The lowest BCUT2D eigenvalue weighted by Gasteiger charge is -2.16. The molecule has 1 saturated heterocycles. The molecule has 1 aliphatic rings. The van der Waals surface area contributed by atoms with E-state index in [1.54, 1.807) is 36.4 Å². The highest BCUT2D eigenvalue weighted by Gasteiger charge is 2.33. The minimum atomic E-state index is -0.991. The van der Waals surface area contributed by atoms with Crippen molar-refractivity contribution in [2.24, 2.45) is 5.73 Å². The van der Waals surface area contributed by atoms with Crippen LogP contribution in [-0.2, 0) is 20.8 Å². The Kier molecular flexibility index (Phi) is 6.88.